The summed E-state index contributed by atoms with van der Waals surface area (Å²) in [5.74, 6) is 12.8. The van der Waals surface area contributed by atoms with Crippen molar-refractivity contribution in [3.05, 3.63) is 0 Å². The summed E-state index contributed by atoms with van der Waals surface area (Å²) < 4.78 is 0. The van der Waals surface area contributed by atoms with Crippen molar-refractivity contribution in [3.63, 3.8) is 0 Å². The maximum absolute atomic E-state index is 12.9. The molecule has 0 aromatic heterocycles. The summed E-state index contributed by atoms with van der Waals surface area (Å²) in [6.07, 6.45) is 12.2. The van der Waals surface area contributed by atoms with Crippen LogP contribution in [-0.4, -0.2) is 23.3 Å². The highest BCUT2D eigenvalue weighted by Gasteiger charge is 2.52. The molecule has 0 aromatic rings. The van der Waals surface area contributed by atoms with Gasteiger partial charge in [-0.2, -0.15) is 0 Å². The fourth-order valence-corrected chi connectivity index (χ4v) is 7.66. The van der Waals surface area contributed by atoms with E-state index in [4.69, 9.17) is 11.6 Å². The van der Waals surface area contributed by atoms with Crippen molar-refractivity contribution in [3.8, 4) is 0 Å². The van der Waals surface area contributed by atoms with Crippen molar-refractivity contribution in [1.29, 1.82) is 0 Å². The Bertz CT molecular complexity index is 587. The lowest BCUT2D eigenvalue weighted by Crippen LogP contribution is -2.46. The average Bonchev–Trinajstić information content (AvgIpc) is 3.04. The van der Waals surface area contributed by atoms with Crippen LogP contribution in [0.3, 0.4) is 0 Å². The normalized spacial score (nSPS) is 44.2. The lowest BCUT2D eigenvalue weighted by Gasteiger charge is -2.53. The molecule has 27 heavy (non-hydrogen) atoms. The van der Waals surface area contributed by atoms with Crippen molar-refractivity contribution in [2.45, 2.75) is 71.6 Å². The Kier molecular flexibility index (Phi) is 5.50. The van der Waals surface area contributed by atoms with E-state index in [0.29, 0.717) is 11.8 Å². The first-order valence-corrected chi connectivity index (χ1v) is 11.3. The number of hydrazone groups is 1. The van der Waals surface area contributed by atoms with Crippen LogP contribution in [0.1, 0.15) is 71.6 Å². The van der Waals surface area contributed by atoms with E-state index in [2.05, 4.69) is 12.0 Å². The number of carbonyl (C=O) groups excluding carboxylic acids is 1. The highest BCUT2D eigenvalue weighted by molar-refractivity contribution is 5.84. The summed E-state index contributed by atoms with van der Waals surface area (Å²) in [6, 6.07) is 0. The van der Waals surface area contributed by atoms with Crippen LogP contribution in [0.15, 0.2) is 5.10 Å². The van der Waals surface area contributed by atoms with Gasteiger partial charge in [0.1, 0.15) is 12.4 Å². The predicted molar refractivity (Wildman–Crippen MR) is 108 cm³/mol. The molecule has 0 heterocycles. The minimum Gasteiger partial charge on any atom is -0.386 e. The van der Waals surface area contributed by atoms with Gasteiger partial charge < -0.3 is 5.73 Å². The molecule has 8 unspecified atom stereocenters. The highest BCUT2D eigenvalue weighted by Crippen LogP contribution is 2.59. The van der Waals surface area contributed by atoms with Gasteiger partial charge in [-0.25, -0.2) is 11.0 Å². The SMILES string of the molecule is C/C(N)=N/N(N)CC(=O)C1CCC2C1CCC1C3CCC(C)CC3CCC12. The zero-order valence-electron chi connectivity index (χ0n) is 17.1. The summed E-state index contributed by atoms with van der Waals surface area (Å²) in [5.41, 5.74) is 5.58. The van der Waals surface area contributed by atoms with Crippen LogP contribution in [0.4, 0.5) is 0 Å². The molecule has 0 bridgehead atoms. The first-order valence-electron chi connectivity index (χ1n) is 11.3. The number of hydrogen-bond donors (Lipinski definition) is 2. The van der Waals surface area contributed by atoms with Gasteiger partial charge in [-0.3, -0.25) is 4.79 Å². The number of amidine groups is 1. The number of rotatable bonds is 4. The second-order valence-corrected chi connectivity index (χ2v) is 10.1. The number of hydrogen-bond acceptors (Lipinski definition) is 4. The fourth-order valence-electron chi connectivity index (χ4n) is 7.66. The lowest BCUT2D eigenvalue weighted by molar-refractivity contribution is -0.126. The van der Waals surface area contributed by atoms with Crippen molar-refractivity contribution in [2.75, 3.05) is 6.54 Å². The van der Waals surface area contributed by atoms with Crippen LogP contribution in [0, 0.1) is 47.3 Å². The van der Waals surface area contributed by atoms with Gasteiger partial charge in [0, 0.05) is 5.92 Å². The molecular formula is C22H38N4O. The summed E-state index contributed by atoms with van der Waals surface area (Å²) in [4.78, 5) is 12.9. The highest BCUT2D eigenvalue weighted by atomic mass is 16.1. The maximum Gasteiger partial charge on any atom is 0.158 e. The van der Waals surface area contributed by atoms with Crippen molar-refractivity contribution in [1.82, 2.24) is 5.12 Å². The number of nitrogens with zero attached hydrogens (tertiary/aromatic N) is 2. The molecule has 4 rings (SSSR count). The third-order valence-corrected chi connectivity index (χ3v) is 8.55. The summed E-state index contributed by atoms with van der Waals surface area (Å²) >= 11 is 0. The average molecular weight is 375 g/mol. The van der Waals surface area contributed by atoms with Gasteiger partial charge in [0.15, 0.2) is 5.78 Å². The van der Waals surface area contributed by atoms with E-state index in [1.165, 1.54) is 56.5 Å². The summed E-state index contributed by atoms with van der Waals surface area (Å²) in [5, 5.41) is 5.22. The van der Waals surface area contributed by atoms with Crippen LogP contribution in [-0.2, 0) is 4.79 Å². The van der Waals surface area contributed by atoms with E-state index in [1.54, 1.807) is 6.92 Å². The summed E-state index contributed by atoms with van der Waals surface area (Å²) in [7, 11) is 0. The molecule has 0 saturated heterocycles. The first kappa shape index (κ1) is 19.2. The number of nitrogens with two attached hydrogens (primary N) is 2. The molecule has 4 N–H and O–H groups in total. The summed E-state index contributed by atoms with van der Waals surface area (Å²) in [6.45, 7) is 4.34. The van der Waals surface area contributed by atoms with E-state index >= 15 is 0 Å². The Morgan fingerprint density at radius 1 is 0.926 bits per heavy atom. The molecular weight excluding hydrogens is 336 g/mol. The third-order valence-electron chi connectivity index (χ3n) is 8.55. The van der Waals surface area contributed by atoms with E-state index in [0.717, 1.165) is 41.9 Å². The third kappa shape index (κ3) is 3.76. The molecule has 5 nitrogen and oxygen atoms in total. The second kappa shape index (κ2) is 7.73. The van der Waals surface area contributed by atoms with Gasteiger partial charge in [-0.05, 0) is 99.7 Å². The van der Waals surface area contributed by atoms with Gasteiger partial charge >= 0.3 is 0 Å². The molecule has 0 aliphatic heterocycles. The molecule has 8 atom stereocenters. The van der Waals surface area contributed by atoms with Crippen LogP contribution >= 0.6 is 0 Å². The minimum absolute atomic E-state index is 0.194. The number of ketones is 1. The molecule has 0 spiro atoms. The minimum atomic E-state index is 0.194. The van der Waals surface area contributed by atoms with E-state index in [-0.39, 0.29) is 18.2 Å². The fraction of sp³-hybridized carbons (Fsp3) is 0.909. The Morgan fingerprint density at radius 2 is 1.52 bits per heavy atom. The molecule has 4 saturated carbocycles. The molecule has 5 heteroatoms. The first-order chi connectivity index (χ1) is 12.9. The van der Waals surface area contributed by atoms with Gasteiger partial charge in [-0.1, -0.05) is 13.3 Å². The predicted octanol–water partition coefficient (Wildman–Crippen LogP) is 3.54. The lowest BCUT2D eigenvalue weighted by atomic mass is 9.52. The number of Topliss-reactive ketones (excluding diaryl/α,β-unsaturated/α-hetero) is 1. The maximum atomic E-state index is 12.9. The van der Waals surface area contributed by atoms with Crippen LogP contribution in [0.5, 0.6) is 0 Å². The van der Waals surface area contributed by atoms with Crippen molar-refractivity contribution in [2.24, 2.45) is 64.0 Å². The Morgan fingerprint density at radius 3 is 2.30 bits per heavy atom. The molecule has 4 aliphatic rings. The van der Waals surface area contributed by atoms with Gasteiger partial charge in [0.05, 0.1) is 0 Å². The standard InChI is InChI=1S/C22H38N4O/c1-13-3-5-16-15(11-13)4-6-18-17(16)7-8-20-19(18)9-10-21(20)22(27)12-26(24)25-14(2)23/h13,15-21H,3-12,24H2,1-2H3,(H2,23,25). The zero-order chi connectivity index (χ0) is 19.1. The molecule has 152 valence electrons. The molecule has 4 fully saturated rings. The van der Waals surface area contributed by atoms with Crippen LogP contribution < -0.4 is 11.6 Å². The Labute approximate surface area is 164 Å². The molecule has 4 aliphatic carbocycles. The van der Waals surface area contributed by atoms with Gasteiger partial charge in [0.2, 0.25) is 0 Å². The van der Waals surface area contributed by atoms with Gasteiger partial charge in [-0.15, -0.1) is 5.10 Å². The smallest absolute Gasteiger partial charge is 0.158 e. The number of fused-ring (bicyclic) bond motifs is 5. The molecule has 0 radical (unpaired) electrons. The second-order valence-electron chi connectivity index (χ2n) is 10.1. The number of carbonyl (C=O) groups is 1. The topological polar surface area (TPSA) is 84.7 Å². The molecule has 0 amide bonds. The zero-order valence-corrected chi connectivity index (χ0v) is 17.1. The van der Waals surface area contributed by atoms with Crippen LogP contribution in [0.2, 0.25) is 0 Å². The number of hydrazine groups is 1. The monoisotopic (exact) mass is 374 g/mol. The van der Waals surface area contributed by atoms with Crippen LogP contribution in [0.25, 0.3) is 0 Å². The van der Waals surface area contributed by atoms with E-state index in [9.17, 15) is 4.79 Å². The van der Waals surface area contributed by atoms with E-state index in [1.807, 2.05) is 0 Å². The largest absolute Gasteiger partial charge is 0.386 e. The Balaban J connectivity index is 1.40. The Hall–Kier alpha value is -1.10. The van der Waals surface area contributed by atoms with E-state index < -0.39 is 0 Å². The van der Waals surface area contributed by atoms with Crippen molar-refractivity contribution >= 4 is 11.6 Å². The quantitative estimate of drug-likeness (QED) is 0.341. The van der Waals surface area contributed by atoms with Gasteiger partial charge in [0.25, 0.3) is 0 Å². The van der Waals surface area contributed by atoms with Crippen molar-refractivity contribution < 1.29 is 4.79 Å². The molecule has 0 aromatic carbocycles.